The van der Waals surface area contributed by atoms with Gasteiger partial charge in [0.25, 0.3) is 0 Å². The molecule has 5 nitrogen and oxygen atoms in total. The van der Waals surface area contributed by atoms with Crippen LogP contribution in [0.4, 0.5) is 0 Å². The van der Waals surface area contributed by atoms with Crippen LogP contribution in [0, 0.1) is 6.92 Å². The maximum absolute atomic E-state index is 12.4. The summed E-state index contributed by atoms with van der Waals surface area (Å²) < 4.78 is 31.1. The molecule has 98 valence electrons. The summed E-state index contributed by atoms with van der Waals surface area (Å²) in [6, 6.07) is 4.98. The number of carbonyl (C=O) groups excluding carboxylic acids is 1. The Morgan fingerprint density at radius 3 is 2.61 bits per heavy atom. The average Bonchev–Trinajstić information content (AvgIpc) is 2.76. The summed E-state index contributed by atoms with van der Waals surface area (Å²) in [5.41, 5.74) is 0.833. The van der Waals surface area contributed by atoms with Crippen molar-refractivity contribution in [3.63, 3.8) is 0 Å². The number of Topliss-reactive ketones (excluding diaryl/α,β-unsaturated/α-hetero) is 1. The first-order valence-electron chi connectivity index (χ1n) is 5.61. The quantitative estimate of drug-likeness (QED) is 0.820. The van der Waals surface area contributed by atoms with Crippen LogP contribution in [-0.2, 0) is 14.8 Å². The van der Waals surface area contributed by atoms with E-state index in [2.05, 4.69) is 0 Å². The van der Waals surface area contributed by atoms with Crippen molar-refractivity contribution in [3.05, 3.63) is 23.8 Å². The van der Waals surface area contributed by atoms with Gasteiger partial charge in [-0.25, -0.2) is 8.42 Å². The Morgan fingerprint density at radius 1 is 1.33 bits per heavy atom. The second kappa shape index (κ2) is 4.70. The Morgan fingerprint density at radius 2 is 2.06 bits per heavy atom. The number of nitrogens with zero attached hydrogens (tertiary/aromatic N) is 1. The first-order chi connectivity index (χ1) is 8.45. The predicted octanol–water partition coefficient (Wildman–Crippen LogP) is 0.967. The molecule has 0 unspecified atom stereocenters. The first-order valence-corrected chi connectivity index (χ1v) is 7.05. The Hall–Kier alpha value is -1.40. The molecule has 1 saturated heterocycles. The van der Waals surface area contributed by atoms with E-state index in [1.807, 2.05) is 6.92 Å². The van der Waals surface area contributed by atoms with Crippen molar-refractivity contribution < 1.29 is 17.9 Å². The maximum Gasteiger partial charge on any atom is 0.247 e. The zero-order valence-electron chi connectivity index (χ0n) is 10.3. The number of rotatable bonds is 3. The van der Waals surface area contributed by atoms with Gasteiger partial charge in [0, 0.05) is 13.0 Å². The lowest BCUT2D eigenvalue weighted by Crippen LogP contribution is -2.29. The number of sulfonamides is 1. The molecule has 0 atom stereocenters. The van der Waals surface area contributed by atoms with Gasteiger partial charge >= 0.3 is 0 Å². The molecule has 1 aromatic rings. The minimum absolute atomic E-state index is 0.0422. The van der Waals surface area contributed by atoms with E-state index in [0.717, 1.165) is 5.56 Å². The fourth-order valence-electron chi connectivity index (χ4n) is 1.93. The van der Waals surface area contributed by atoms with Crippen LogP contribution in [0.2, 0.25) is 0 Å². The molecule has 2 rings (SSSR count). The number of carbonyl (C=O) groups is 1. The second-order valence-corrected chi connectivity index (χ2v) is 6.19. The first kappa shape index (κ1) is 13.0. The number of benzene rings is 1. The highest BCUT2D eigenvalue weighted by atomic mass is 32.2. The molecule has 1 aliphatic rings. The summed E-state index contributed by atoms with van der Waals surface area (Å²) in [6.45, 7) is 2.02. The fourth-order valence-corrected chi connectivity index (χ4v) is 3.60. The topological polar surface area (TPSA) is 63.7 Å². The average molecular weight is 269 g/mol. The molecule has 1 heterocycles. The molecule has 0 amide bonds. The molecule has 1 aliphatic heterocycles. The normalized spacial score (nSPS) is 17.1. The summed E-state index contributed by atoms with van der Waals surface area (Å²) in [5, 5.41) is 0. The number of methoxy groups -OCH3 is 1. The predicted molar refractivity (Wildman–Crippen MR) is 66.1 cm³/mol. The summed E-state index contributed by atoms with van der Waals surface area (Å²) >= 11 is 0. The molecule has 18 heavy (non-hydrogen) atoms. The molecule has 0 spiro atoms. The molecule has 0 aromatic heterocycles. The Bertz CT molecular complexity index is 580. The van der Waals surface area contributed by atoms with Gasteiger partial charge in [-0.1, -0.05) is 6.07 Å². The third kappa shape index (κ3) is 2.26. The smallest absolute Gasteiger partial charge is 0.247 e. The van der Waals surface area contributed by atoms with Gasteiger partial charge < -0.3 is 4.74 Å². The minimum atomic E-state index is -3.65. The van der Waals surface area contributed by atoms with E-state index in [-0.39, 0.29) is 30.2 Å². The van der Waals surface area contributed by atoms with Crippen molar-refractivity contribution in [1.29, 1.82) is 0 Å². The van der Waals surface area contributed by atoms with Crippen molar-refractivity contribution in [2.75, 3.05) is 20.2 Å². The highest BCUT2D eigenvalue weighted by Gasteiger charge is 2.33. The highest BCUT2D eigenvalue weighted by molar-refractivity contribution is 7.89. The lowest BCUT2D eigenvalue weighted by atomic mass is 10.2. The molecule has 1 fully saturated rings. The molecule has 0 radical (unpaired) electrons. The molecule has 6 heteroatoms. The van der Waals surface area contributed by atoms with Crippen LogP contribution < -0.4 is 4.74 Å². The lowest BCUT2D eigenvalue weighted by Gasteiger charge is -2.17. The largest absolute Gasteiger partial charge is 0.495 e. The number of hydrogen-bond acceptors (Lipinski definition) is 4. The number of aryl methyl sites for hydroxylation is 1. The molecule has 0 bridgehead atoms. The van der Waals surface area contributed by atoms with Crippen LogP contribution in [0.1, 0.15) is 12.0 Å². The van der Waals surface area contributed by atoms with Crippen molar-refractivity contribution in [2.45, 2.75) is 18.2 Å². The van der Waals surface area contributed by atoms with Crippen LogP contribution >= 0.6 is 0 Å². The number of ether oxygens (including phenoxy) is 1. The minimum Gasteiger partial charge on any atom is -0.495 e. The van der Waals surface area contributed by atoms with E-state index in [1.54, 1.807) is 18.2 Å². The van der Waals surface area contributed by atoms with Gasteiger partial charge in [-0.3, -0.25) is 4.79 Å². The number of ketones is 1. The Balaban J connectivity index is 2.47. The van der Waals surface area contributed by atoms with E-state index in [4.69, 9.17) is 4.74 Å². The van der Waals surface area contributed by atoms with Crippen LogP contribution in [0.15, 0.2) is 23.1 Å². The molecule has 0 saturated carbocycles. The highest BCUT2D eigenvalue weighted by Crippen LogP contribution is 2.28. The molecule has 0 N–H and O–H groups in total. The van der Waals surface area contributed by atoms with Gasteiger partial charge in [0.05, 0.1) is 13.7 Å². The van der Waals surface area contributed by atoms with Gasteiger partial charge in [0.1, 0.15) is 16.4 Å². The molecular weight excluding hydrogens is 254 g/mol. The van der Waals surface area contributed by atoms with E-state index in [0.29, 0.717) is 5.75 Å². The number of hydrogen-bond donors (Lipinski definition) is 0. The van der Waals surface area contributed by atoms with Gasteiger partial charge in [-0.15, -0.1) is 0 Å². The van der Waals surface area contributed by atoms with E-state index >= 15 is 0 Å². The van der Waals surface area contributed by atoms with E-state index in [9.17, 15) is 13.2 Å². The fraction of sp³-hybridized carbons (Fsp3) is 0.417. The van der Waals surface area contributed by atoms with E-state index in [1.165, 1.54) is 11.4 Å². The van der Waals surface area contributed by atoms with Gasteiger partial charge in [-0.05, 0) is 24.6 Å². The molecular formula is C12H15NO4S. The van der Waals surface area contributed by atoms with Crippen LogP contribution in [-0.4, -0.2) is 38.7 Å². The van der Waals surface area contributed by atoms with Crippen molar-refractivity contribution in [1.82, 2.24) is 4.31 Å². The summed E-state index contributed by atoms with van der Waals surface area (Å²) in [6.07, 6.45) is 0.285. The lowest BCUT2D eigenvalue weighted by molar-refractivity contribution is -0.116. The maximum atomic E-state index is 12.4. The van der Waals surface area contributed by atoms with Gasteiger partial charge in [-0.2, -0.15) is 4.31 Å². The monoisotopic (exact) mass is 269 g/mol. The zero-order chi connectivity index (χ0) is 13.3. The second-order valence-electron chi connectivity index (χ2n) is 4.28. The summed E-state index contributed by atoms with van der Waals surface area (Å²) in [4.78, 5) is 11.3. The van der Waals surface area contributed by atoms with Gasteiger partial charge in [0.15, 0.2) is 0 Å². The van der Waals surface area contributed by atoms with Gasteiger partial charge in [0.2, 0.25) is 10.0 Å². The SMILES string of the molecule is COc1ccc(C)cc1S(=O)(=O)N1CCC(=O)C1. The molecule has 0 aliphatic carbocycles. The molecule has 1 aromatic carbocycles. The van der Waals surface area contributed by atoms with Crippen LogP contribution in [0.3, 0.4) is 0 Å². The summed E-state index contributed by atoms with van der Waals surface area (Å²) in [7, 11) is -2.22. The van der Waals surface area contributed by atoms with Crippen molar-refractivity contribution in [2.24, 2.45) is 0 Å². The van der Waals surface area contributed by atoms with Crippen LogP contribution in [0.5, 0.6) is 5.75 Å². The van der Waals surface area contributed by atoms with Crippen molar-refractivity contribution >= 4 is 15.8 Å². The third-order valence-corrected chi connectivity index (χ3v) is 4.80. The zero-order valence-corrected chi connectivity index (χ0v) is 11.2. The van der Waals surface area contributed by atoms with Crippen molar-refractivity contribution in [3.8, 4) is 5.75 Å². The standard InChI is InChI=1S/C12H15NO4S/c1-9-3-4-11(17-2)12(7-9)18(15,16)13-6-5-10(14)8-13/h3-4,7H,5-6,8H2,1-2H3. The Kier molecular flexibility index (Phi) is 3.41. The summed E-state index contributed by atoms with van der Waals surface area (Å²) in [5.74, 6) is 0.255. The van der Waals surface area contributed by atoms with Crippen LogP contribution in [0.25, 0.3) is 0 Å². The Labute approximate surface area is 106 Å². The van der Waals surface area contributed by atoms with E-state index < -0.39 is 10.0 Å². The third-order valence-electron chi connectivity index (χ3n) is 2.93.